The molecule has 0 spiro atoms. The van der Waals surface area contributed by atoms with Gasteiger partial charge < -0.3 is 20.0 Å². The predicted molar refractivity (Wildman–Crippen MR) is 110 cm³/mol. The van der Waals surface area contributed by atoms with Gasteiger partial charge >= 0.3 is 0 Å². The summed E-state index contributed by atoms with van der Waals surface area (Å²) < 4.78 is 0. The van der Waals surface area contributed by atoms with E-state index in [-0.39, 0.29) is 28.9 Å². The van der Waals surface area contributed by atoms with Gasteiger partial charge in [-0.1, -0.05) is 13.8 Å². The van der Waals surface area contributed by atoms with E-state index in [0.717, 1.165) is 30.3 Å². The van der Waals surface area contributed by atoms with Gasteiger partial charge in [-0.3, -0.25) is 4.79 Å². The normalized spacial score (nSPS) is 16.8. The quantitative estimate of drug-likeness (QED) is 0.828. The molecular weight excluding hydrogens is 368 g/mol. The monoisotopic (exact) mass is 396 g/mol. The highest BCUT2D eigenvalue weighted by atomic mass is 16.3. The maximum absolute atomic E-state index is 13.1. The van der Waals surface area contributed by atoms with Crippen LogP contribution in [0.15, 0.2) is 18.3 Å². The van der Waals surface area contributed by atoms with Crippen molar-refractivity contribution >= 4 is 11.9 Å². The molecule has 1 saturated heterocycles. The number of piperidine rings is 1. The number of nitrogens with zero attached hydrogens (tertiary/aromatic N) is 4. The Kier molecular flexibility index (Phi) is 5.30. The van der Waals surface area contributed by atoms with E-state index in [1.807, 2.05) is 20.0 Å². The first-order valence-corrected chi connectivity index (χ1v) is 10.4. The molecule has 2 aliphatic rings. The molecule has 0 unspecified atom stereocenters. The Hall–Kier alpha value is -2.83. The van der Waals surface area contributed by atoms with E-state index < -0.39 is 0 Å². The van der Waals surface area contributed by atoms with E-state index in [2.05, 4.69) is 9.88 Å². The van der Waals surface area contributed by atoms with Crippen LogP contribution in [0.5, 0.6) is 11.5 Å². The molecular formula is C22H28N4O3. The third-order valence-corrected chi connectivity index (χ3v) is 5.84. The van der Waals surface area contributed by atoms with Gasteiger partial charge in [-0.15, -0.1) is 0 Å². The highest BCUT2D eigenvalue weighted by molar-refractivity contribution is 5.97. The standard InChI is InChI=1S/C22H28N4O3/c1-14(2)16-10-17(20(28)11-19(16)27)21(29)26-9-6-18-15(13-26)12-23-22(24-18)25-7-4-3-5-8-25/h10-12,14,27-28H,3-9,13H2,1-2H3. The van der Waals surface area contributed by atoms with Crippen LogP contribution in [-0.2, 0) is 13.0 Å². The van der Waals surface area contributed by atoms with Crippen LogP contribution in [0.1, 0.15) is 66.2 Å². The third-order valence-electron chi connectivity index (χ3n) is 5.84. The third kappa shape index (κ3) is 3.86. The Morgan fingerprint density at radius 3 is 2.55 bits per heavy atom. The summed E-state index contributed by atoms with van der Waals surface area (Å²) >= 11 is 0. The summed E-state index contributed by atoms with van der Waals surface area (Å²) in [7, 11) is 0. The van der Waals surface area contributed by atoms with E-state index in [0.29, 0.717) is 25.1 Å². The minimum Gasteiger partial charge on any atom is -0.508 e. The zero-order chi connectivity index (χ0) is 20.5. The summed E-state index contributed by atoms with van der Waals surface area (Å²) in [6, 6.07) is 2.86. The second kappa shape index (κ2) is 7.89. The minimum absolute atomic E-state index is 0.0108. The van der Waals surface area contributed by atoms with Crippen molar-refractivity contribution in [3.63, 3.8) is 0 Å². The van der Waals surface area contributed by atoms with E-state index in [1.54, 1.807) is 11.0 Å². The van der Waals surface area contributed by atoms with Crippen LogP contribution in [0.4, 0.5) is 5.95 Å². The molecule has 154 valence electrons. The van der Waals surface area contributed by atoms with Crippen molar-refractivity contribution in [2.24, 2.45) is 0 Å². The molecule has 2 N–H and O–H groups in total. The smallest absolute Gasteiger partial charge is 0.257 e. The molecule has 29 heavy (non-hydrogen) atoms. The summed E-state index contributed by atoms with van der Waals surface area (Å²) in [5.74, 6) is 0.415. The van der Waals surface area contributed by atoms with Gasteiger partial charge in [0.25, 0.3) is 5.91 Å². The number of fused-ring (bicyclic) bond motifs is 1. The van der Waals surface area contributed by atoms with Gasteiger partial charge in [0.2, 0.25) is 5.95 Å². The topological polar surface area (TPSA) is 89.8 Å². The summed E-state index contributed by atoms with van der Waals surface area (Å²) in [5, 5.41) is 20.3. The Labute approximate surface area is 171 Å². The largest absolute Gasteiger partial charge is 0.508 e. The van der Waals surface area contributed by atoms with Crippen molar-refractivity contribution in [2.45, 2.75) is 52.0 Å². The molecule has 2 aliphatic heterocycles. The van der Waals surface area contributed by atoms with E-state index in [1.165, 1.54) is 25.3 Å². The van der Waals surface area contributed by atoms with Crippen LogP contribution in [0.25, 0.3) is 0 Å². The van der Waals surface area contributed by atoms with Crippen LogP contribution >= 0.6 is 0 Å². The average Bonchev–Trinajstić information content (AvgIpc) is 2.73. The lowest BCUT2D eigenvalue weighted by atomic mass is 9.97. The lowest BCUT2D eigenvalue weighted by molar-refractivity contribution is 0.0730. The number of benzene rings is 1. The number of carbonyl (C=O) groups excluding carboxylic acids is 1. The highest BCUT2D eigenvalue weighted by Gasteiger charge is 2.27. The first-order valence-electron chi connectivity index (χ1n) is 10.4. The number of phenols is 2. The van der Waals surface area contributed by atoms with Crippen molar-refractivity contribution in [1.82, 2.24) is 14.9 Å². The first-order chi connectivity index (χ1) is 13.9. The highest BCUT2D eigenvalue weighted by Crippen LogP contribution is 2.33. The molecule has 2 aromatic rings. The van der Waals surface area contributed by atoms with E-state index in [4.69, 9.17) is 4.98 Å². The Bertz CT molecular complexity index is 923. The molecule has 4 rings (SSSR count). The number of aromatic hydroxyl groups is 2. The lowest BCUT2D eigenvalue weighted by Gasteiger charge is -2.31. The Balaban J connectivity index is 1.54. The van der Waals surface area contributed by atoms with Gasteiger partial charge in [0, 0.05) is 50.4 Å². The SMILES string of the molecule is CC(C)c1cc(C(=O)N2CCc3nc(N4CCCCC4)ncc3C2)c(O)cc1O. The van der Waals surface area contributed by atoms with Gasteiger partial charge in [0.1, 0.15) is 11.5 Å². The minimum atomic E-state index is -0.241. The maximum Gasteiger partial charge on any atom is 0.257 e. The van der Waals surface area contributed by atoms with Crippen LogP contribution < -0.4 is 4.90 Å². The van der Waals surface area contributed by atoms with Gasteiger partial charge in [-0.25, -0.2) is 9.97 Å². The fourth-order valence-corrected chi connectivity index (χ4v) is 4.12. The van der Waals surface area contributed by atoms with Crippen LogP contribution in [0.2, 0.25) is 0 Å². The van der Waals surface area contributed by atoms with Crippen LogP contribution in [0.3, 0.4) is 0 Å². The molecule has 0 saturated carbocycles. The van der Waals surface area contributed by atoms with Gasteiger partial charge in [-0.2, -0.15) is 0 Å². The van der Waals surface area contributed by atoms with Crippen molar-refractivity contribution in [3.05, 3.63) is 40.7 Å². The number of hydrogen-bond acceptors (Lipinski definition) is 6. The number of amides is 1. The number of anilines is 1. The molecule has 3 heterocycles. The van der Waals surface area contributed by atoms with Gasteiger partial charge in [0.15, 0.2) is 0 Å². The van der Waals surface area contributed by atoms with Crippen molar-refractivity contribution < 1.29 is 15.0 Å². The molecule has 7 nitrogen and oxygen atoms in total. The summed E-state index contributed by atoms with van der Waals surface area (Å²) in [4.78, 5) is 26.3. The number of rotatable bonds is 3. The Morgan fingerprint density at radius 2 is 1.83 bits per heavy atom. The van der Waals surface area contributed by atoms with E-state index in [9.17, 15) is 15.0 Å². The van der Waals surface area contributed by atoms with Crippen LogP contribution in [-0.4, -0.2) is 50.6 Å². The summed E-state index contributed by atoms with van der Waals surface area (Å²) in [6.07, 6.45) is 6.12. The summed E-state index contributed by atoms with van der Waals surface area (Å²) in [6.45, 7) is 6.85. The maximum atomic E-state index is 13.1. The number of carbonyl (C=O) groups is 1. The molecule has 0 bridgehead atoms. The molecule has 0 aliphatic carbocycles. The zero-order valence-electron chi connectivity index (χ0n) is 17.1. The first kappa shape index (κ1) is 19.5. The molecule has 1 amide bonds. The van der Waals surface area contributed by atoms with Crippen molar-refractivity contribution in [3.8, 4) is 11.5 Å². The van der Waals surface area contributed by atoms with E-state index >= 15 is 0 Å². The lowest BCUT2D eigenvalue weighted by Crippen LogP contribution is -2.37. The molecule has 1 aromatic carbocycles. The predicted octanol–water partition coefficient (Wildman–Crippen LogP) is 3.20. The van der Waals surface area contributed by atoms with Crippen molar-refractivity contribution in [1.29, 1.82) is 0 Å². The van der Waals surface area contributed by atoms with Gasteiger partial charge in [0.05, 0.1) is 11.3 Å². The molecule has 0 radical (unpaired) electrons. The fourth-order valence-electron chi connectivity index (χ4n) is 4.12. The number of aromatic nitrogens is 2. The summed E-state index contributed by atoms with van der Waals surface area (Å²) in [5.41, 5.74) is 2.83. The molecule has 1 fully saturated rings. The zero-order valence-corrected chi connectivity index (χ0v) is 17.1. The second-order valence-corrected chi connectivity index (χ2v) is 8.25. The number of hydrogen-bond donors (Lipinski definition) is 2. The average molecular weight is 396 g/mol. The molecule has 1 aromatic heterocycles. The van der Waals surface area contributed by atoms with Gasteiger partial charge in [-0.05, 0) is 36.8 Å². The Morgan fingerprint density at radius 1 is 1.07 bits per heavy atom. The second-order valence-electron chi connectivity index (χ2n) is 8.25. The number of phenolic OH excluding ortho intramolecular Hbond substituents is 2. The fraction of sp³-hybridized carbons (Fsp3) is 0.500. The van der Waals surface area contributed by atoms with Crippen LogP contribution in [0, 0.1) is 0 Å². The molecule has 7 heteroatoms. The molecule has 0 atom stereocenters. The van der Waals surface area contributed by atoms with Crippen molar-refractivity contribution in [2.75, 3.05) is 24.5 Å².